The molecule has 1 saturated carbocycles. The Balaban J connectivity index is 1.30. The number of anilines is 1. The number of nitrogens with one attached hydrogen (secondary N) is 1. The van der Waals surface area contributed by atoms with Crippen molar-refractivity contribution in [3.8, 4) is 11.4 Å². The van der Waals surface area contributed by atoms with Crippen LogP contribution in [0.15, 0.2) is 36.5 Å². The van der Waals surface area contributed by atoms with Gasteiger partial charge in [-0.05, 0) is 49.9 Å². The molecule has 1 aromatic carbocycles. The number of benzene rings is 1. The van der Waals surface area contributed by atoms with Crippen LogP contribution in [0.25, 0.3) is 11.4 Å². The van der Waals surface area contributed by atoms with E-state index in [1.54, 1.807) is 12.3 Å². The van der Waals surface area contributed by atoms with Crippen LogP contribution >= 0.6 is 0 Å². The summed E-state index contributed by atoms with van der Waals surface area (Å²) in [4.78, 5) is 23.5. The van der Waals surface area contributed by atoms with Crippen LogP contribution in [0.3, 0.4) is 0 Å². The van der Waals surface area contributed by atoms with Crippen molar-refractivity contribution in [3.63, 3.8) is 0 Å². The third-order valence-corrected chi connectivity index (χ3v) is 5.79. The van der Waals surface area contributed by atoms with E-state index in [2.05, 4.69) is 20.2 Å². The van der Waals surface area contributed by atoms with E-state index < -0.39 is 0 Å². The normalized spacial score (nSPS) is 20.8. The number of hydrogen-bond donors (Lipinski definition) is 2. The fourth-order valence-corrected chi connectivity index (χ4v) is 4.25. The van der Waals surface area contributed by atoms with Gasteiger partial charge in [0.25, 0.3) is 5.91 Å². The topological polar surface area (TPSA) is 84.1 Å². The SMILES string of the molecule is Nc1ccnc(-c2ccc(C(=O)NC[C@@H]3CCN(C4CCCC4)C3)cc2)n1. The molecular formula is C21H27N5O. The Labute approximate surface area is 160 Å². The van der Waals surface area contributed by atoms with Gasteiger partial charge in [-0.1, -0.05) is 25.0 Å². The lowest BCUT2D eigenvalue weighted by molar-refractivity contribution is 0.0947. The summed E-state index contributed by atoms with van der Waals surface area (Å²) in [6.45, 7) is 3.05. The molecule has 0 spiro atoms. The molecule has 1 saturated heterocycles. The smallest absolute Gasteiger partial charge is 0.251 e. The quantitative estimate of drug-likeness (QED) is 0.851. The number of hydrogen-bond acceptors (Lipinski definition) is 5. The van der Waals surface area contributed by atoms with Crippen molar-refractivity contribution in [2.75, 3.05) is 25.4 Å². The fourth-order valence-electron chi connectivity index (χ4n) is 4.25. The van der Waals surface area contributed by atoms with Crippen molar-refractivity contribution in [1.29, 1.82) is 0 Å². The Hall–Kier alpha value is -2.47. The average Bonchev–Trinajstić information content (AvgIpc) is 3.38. The van der Waals surface area contributed by atoms with Crippen LogP contribution in [0.5, 0.6) is 0 Å². The van der Waals surface area contributed by atoms with Crippen LogP contribution in [-0.4, -0.2) is 46.5 Å². The molecule has 27 heavy (non-hydrogen) atoms. The molecule has 6 nitrogen and oxygen atoms in total. The first-order valence-electron chi connectivity index (χ1n) is 9.90. The number of amides is 1. The summed E-state index contributed by atoms with van der Waals surface area (Å²) in [5.41, 5.74) is 7.21. The number of carbonyl (C=O) groups excluding carboxylic acids is 1. The summed E-state index contributed by atoms with van der Waals surface area (Å²) in [7, 11) is 0. The van der Waals surface area contributed by atoms with Crippen molar-refractivity contribution >= 4 is 11.7 Å². The molecule has 0 radical (unpaired) electrons. The lowest BCUT2D eigenvalue weighted by atomic mass is 10.1. The molecule has 2 heterocycles. The zero-order valence-corrected chi connectivity index (χ0v) is 15.6. The van der Waals surface area contributed by atoms with Gasteiger partial charge < -0.3 is 16.0 Å². The van der Waals surface area contributed by atoms with Crippen LogP contribution in [0.1, 0.15) is 42.5 Å². The summed E-state index contributed by atoms with van der Waals surface area (Å²) in [5, 5.41) is 3.10. The van der Waals surface area contributed by atoms with Gasteiger partial charge in [-0.15, -0.1) is 0 Å². The van der Waals surface area contributed by atoms with E-state index in [4.69, 9.17) is 5.73 Å². The van der Waals surface area contributed by atoms with Crippen LogP contribution in [-0.2, 0) is 0 Å². The largest absolute Gasteiger partial charge is 0.384 e. The molecule has 1 aliphatic carbocycles. The Morgan fingerprint density at radius 1 is 1.15 bits per heavy atom. The third-order valence-electron chi connectivity index (χ3n) is 5.79. The van der Waals surface area contributed by atoms with E-state index in [9.17, 15) is 4.79 Å². The van der Waals surface area contributed by atoms with Crippen molar-refractivity contribution in [2.45, 2.75) is 38.1 Å². The lowest BCUT2D eigenvalue weighted by Gasteiger charge is -2.23. The van der Waals surface area contributed by atoms with Crippen LogP contribution in [0.4, 0.5) is 5.82 Å². The summed E-state index contributed by atoms with van der Waals surface area (Å²) < 4.78 is 0. The minimum absolute atomic E-state index is 0.0191. The van der Waals surface area contributed by atoms with E-state index >= 15 is 0 Å². The minimum atomic E-state index is -0.0191. The maximum atomic E-state index is 12.5. The van der Waals surface area contributed by atoms with Gasteiger partial charge in [0.1, 0.15) is 5.82 Å². The number of carbonyl (C=O) groups is 1. The molecule has 6 heteroatoms. The number of rotatable bonds is 5. The monoisotopic (exact) mass is 365 g/mol. The van der Waals surface area contributed by atoms with Gasteiger partial charge >= 0.3 is 0 Å². The van der Waals surface area contributed by atoms with Gasteiger partial charge in [-0.25, -0.2) is 9.97 Å². The highest BCUT2D eigenvalue weighted by atomic mass is 16.1. The van der Waals surface area contributed by atoms with Gasteiger partial charge in [-0.2, -0.15) is 0 Å². The Bertz CT molecular complexity index is 785. The lowest BCUT2D eigenvalue weighted by Crippen LogP contribution is -2.34. The summed E-state index contributed by atoms with van der Waals surface area (Å²) >= 11 is 0. The summed E-state index contributed by atoms with van der Waals surface area (Å²) in [6, 6.07) is 9.80. The van der Waals surface area contributed by atoms with Crippen LogP contribution < -0.4 is 11.1 Å². The average molecular weight is 365 g/mol. The molecule has 0 unspecified atom stereocenters. The van der Waals surface area contributed by atoms with Crippen LogP contribution in [0, 0.1) is 5.92 Å². The third kappa shape index (κ3) is 4.27. The highest BCUT2D eigenvalue weighted by molar-refractivity contribution is 5.94. The Morgan fingerprint density at radius 3 is 2.67 bits per heavy atom. The molecule has 2 fully saturated rings. The maximum Gasteiger partial charge on any atom is 0.251 e. The van der Waals surface area contributed by atoms with Crippen molar-refractivity contribution in [2.24, 2.45) is 5.92 Å². The molecule has 3 N–H and O–H groups in total. The fraction of sp³-hybridized carbons (Fsp3) is 0.476. The Morgan fingerprint density at radius 2 is 1.93 bits per heavy atom. The van der Waals surface area contributed by atoms with Crippen molar-refractivity contribution in [1.82, 2.24) is 20.2 Å². The van der Waals surface area contributed by atoms with E-state index in [1.165, 1.54) is 38.6 Å². The number of aromatic nitrogens is 2. The van der Waals surface area contributed by atoms with E-state index in [0.29, 0.717) is 23.1 Å². The number of nitrogens with two attached hydrogens (primary N) is 1. The second kappa shape index (κ2) is 8.05. The van der Waals surface area contributed by atoms with Crippen molar-refractivity contribution < 1.29 is 4.79 Å². The van der Waals surface area contributed by atoms with Gasteiger partial charge in [0.2, 0.25) is 0 Å². The first kappa shape index (κ1) is 17.9. The molecule has 1 amide bonds. The first-order chi connectivity index (χ1) is 13.2. The highest BCUT2D eigenvalue weighted by Crippen LogP contribution is 2.28. The summed E-state index contributed by atoms with van der Waals surface area (Å²) in [6.07, 6.45) is 8.26. The molecule has 1 aromatic heterocycles. The maximum absolute atomic E-state index is 12.5. The molecule has 142 valence electrons. The summed E-state index contributed by atoms with van der Waals surface area (Å²) in [5.74, 6) is 1.55. The van der Waals surface area contributed by atoms with Gasteiger partial charge in [0.15, 0.2) is 5.82 Å². The van der Waals surface area contributed by atoms with E-state index in [0.717, 1.165) is 24.7 Å². The second-order valence-electron chi connectivity index (χ2n) is 7.68. The standard InChI is InChI=1S/C21H27N5O/c22-19-9-11-23-20(25-19)16-5-7-17(8-6-16)21(27)24-13-15-10-12-26(14-15)18-3-1-2-4-18/h5-9,11,15,18H,1-4,10,12-14H2,(H,24,27)(H2,22,23,25)/t15-/m0/s1. The molecule has 4 rings (SSSR count). The molecule has 2 aliphatic rings. The highest BCUT2D eigenvalue weighted by Gasteiger charge is 2.29. The molecule has 1 atom stereocenters. The predicted octanol–water partition coefficient (Wildman–Crippen LogP) is 2.72. The number of nitrogen functional groups attached to an aromatic ring is 1. The molecule has 0 bridgehead atoms. The van der Waals surface area contributed by atoms with E-state index in [-0.39, 0.29) is 5.91 Å². The van der Waals surface area contributed by atoms with Gasteiger partial charge in [0, 0.05) is 36.5 Å². The first-order valence-corrected chi connectivity index (χ1v) is 9.90. The predicted molar refractivity (Wildman–Crippen MR) is 106 cm³/mol. The van der Waals surface area contributed by atoms with Gasteiger partial charge in [0.05, 0.1) is 0 Å². The van der Waals surface area contributed by atoms with Gasteiger partial charge in [-0.3, -0.25) is 4.79 Å². The zero-order valence-electron chi connectivity index (χ0n) is 15.6. The molecular weight excluding hydrogens is 338 g/mol. The minimum Gasteiger partial charge on any atom is -0.384 e. The zero-order chi connectivity index (χ0) is 18.6. The number of nitrogens with zero attached hydrogens (tertiary/aromatic N) is 3. The number of likely N-dealkylation sites (tertiary alicyclic amines) is 1. The molecule has 1 aliphatic heterocycles. The second-order valence-corrected chi connectivity index (χ2v) is 7.68. The molecule has 2 aromatic rings. The van der Waals surface area contributed by atoms with Crippen molar-refractivity contribution in [3.05, 3.63) is 42.1 Å². The Kier molecular flexibility index (Phi) is 5.34. The van der Waals surface area contributed by atoms with E-state index in [1.807, 2.05) is 24.3 Å². The van der Waals surface area contributed by atoms with Crippen LogP contribution in [0.2, 0.25) is 0 Å².